The second kappa shape index (κ2) is 8.86. The molecule has 4 N–H and O–H groups in total. The van der Waals surface area contributed by atoms with Gasteiger partial charge < -0.3 is 20.1 Å². The zero-order valence-corrected chi connectivity index (χ0v) is 23.2. The number of rotatable bonds is 6. The van der Waals surface area contributed by atoms with Gasteiger partial charge in [0.1, 0.15) is 5.76 Å². The van der Waals surface area contributed by atoms with Crippen molar-refractivity contribution in [2.24, 2.45) is 5.92 Å². The normalized spacial score (nSPS) is 30.3. The maximum atomic E-state index is 13.1. The Morgan fingerprint density at radius 2 is 1.90 bits per heavy atom. The van der Waals surface area contributed by atoms with E-state index in [1.54, 1.807) is 13.0 Å². The number of benzene rings is 2. The van der Waals surface area contributed by atoms with E-state index in [1.165, 1.54) is 44.0 Å². The van der Waals surface area contributed by atoms with Crippen LogP contribution in [0, 0.1) is 5.92 Å². The van der Waals surface area contributed by atoms with E-state index in [1.807, 2.05) is 10.8 Å². The van der Waals surface area contributed by atoms with Crippen LogP contribution in [-0.2, 0) is 26.7 Å². The fourth-order valence-electron chi connectivity index (χ4n) is 6.76. The molecule has 2 aromatic carbocycles. The molecule has 4 atom stereocenters. The van der Waals surface area contributed by atoms with Crippen LogP contribution in [0.5, 0.6) is 11.5 Å². The average Bonchev–Trinajstić information content (AvgIpc) is 3.62. The van der Waals surface area contributed by atoms with Gasteiger partial charge in [0.15, 0.2) is 17.6 Å². The van der Waals surface area contributed by atoms with Crippen molar-refractivity contribution in [2.75, 3.05) is 13.1 Å². The molecular weight excluding hydrogens is 544 g/mol. The lowest BCUT2D eigenvalue weighted by Gasteiger charge is -2.59. The van der Waals surface area contributed by atoms with Gasteiger partial charge in [-0.05, 0) is 87.9 Å². The number of nitrogens with one attached hydrogen (secondary N) is 1. The second-order valence-corrected chi connectivity index (χ2v) is 13.5. The number of phenols is 1. The Labute approximate surface area is 232 Å². The molecule has 4 aliphatic rings. The van der Waals surface area contributed by atoms with E-state index in [4.69, 9.17) is 16.3 Å². The second-order valence-electron chi connectivity index (χ2n) is 11.4. The predicted octanol–water partition coefficient (Wildman–Crippen LogP) is 3.17. The zero-order valence-electron chi connectivity index (χ0n) is 21.6. The Kier molecular flexibility index (Phi) is 6.00. The molecule has 208 valence electrons. The molecule has 0 aromatic heterocycles. The van der Waals surface area contributed by atoms with Gasteiger partial charge in [-0.3, -0.25) is 9.69 Å². The third-order valence-corrected chi connectivity index (χ3v) is 10.7. The Morgan fingerprint density at radius 1 is 1.21 bits per heavy atom. The minimum absolute atomic E-state index is 0.120. The summed E-state index contributed by atoms with van der Waals surface area (Å²) in [5.41, 5.74) is -1.23. The van der Waals surface area contributed by atoms with Crippen LogP contribution in [0.15, 0.2) is 52.6 Å². The van der Waals surface area contributed by atoms with Gasteiger partial charge in [0, 0.05) is 23.2 Å². The molecule has 2 aliphatic heterocycles. The minimum atomic E-state index is -4.25. The summed E-state index contributed by atoms with van der Waals surface area (Å²) in [4.78, 5) is 15.3. The standard InChI is InChI=1S/C28H31ClN2O7S/c1-15(26(34)30-39(36,37)19-8-6-18(29)7-9-19)23(33)25-28-11-12-31(14-16-3-4-16)21(27(28,2)35)13-17-5-10-20(32)24(38-25)22(17)28/h5-10,16,21,25,32-33,35H,3-4,11-14H2,1-2H3,(H,30,34)/b23-15-/t21-,25+,27-,28+/m1/s1. The number of aliphatic hydroxyl groups excluding tert-OH is 1. The molecule has 2 fully saturated rings. The molecule has 9 nitrogen and oxygen atoms in total. The molecule has 1 spiro atoms. The van der Waals surface area contributed by atoms with Gasteiger partial charge in [-0.1, -0.05) is 17.7 Å². The van der Waals surface area contributed by atoms with E-state index >= 15 is 0 Å². The molecule has 2 aromatic rings. The largest absolute Gasteiger partial charge is 0.508 e. The number of sulfonamides is 1. The summed E-state index contributed by atoms with van der Waals surface area (Å²) in [5, 5.41) is 34.8. The summed E-state index contributed by atoms with van der Waals surface area (Å²) >= 11 is 5.85. The summed E-state index contributed by atoms with van der Waals surface area (Å²) < 4.78 is 33.8. The fourth-order valence-corrected chi connectivity index (χ4v) is 7.89. The van der Waals surface area contributed by atoms with Crippen molar-refractivity contribution in [3.8, 4) is 11.5 Å². The number of aliphatic hydroxyl groups is 2. The predicted molar refractivity (Wildman–Crippen MR) is 143 cm³/mol. The van der Waals surface area contributed by atoms with Gasteiger partial charge in [0.25, 0.3) is 15.9 Å². The van der Waals surface area contributed by atoms with E-state index in [0.717, 1.165) is 12.1 Å². The number of carbonyl (C=O) groups is 1. The molecule has 2 aliphatic carbocycles. The number of phenolic OH excluding ortho intramolecular Hbond substituents is 1. The molecule has 0 unspecified atom stereocenters. The van der Waals surface area contributed by atoms with E-state index in [-0.39, 0.29) is 28.0 Å². The number of likely N-dealkylation sites (tertiary alicyclic amines) is 1. The van der Waals surface area contributed by atoms with Crippen LogP contribution in [0.1, 0.15) is 44.2 Å². The summed E-state index contributed by atoms with van der Waals surface area (Å²) in [5.74, 6) is -0.840. The maximum Gasteiger partial charge on any atom is 0.264 e. The Hall–Kier alpha value is -2.79. The van der Waals surface area contributed by atoms with E-state index in [0.29, 0.717) is 35.9 Å². The molecule has 1 amide bonds. The number of fused-ring (bicyclic) bond motifs is 1. The van der Waals surface area contributed by atoms with Crippen molar-refractivity contribution in [2.45, 2.75) is 67.6 Å². The quantitative estimate of drug-likeness (QED) is 0.305. The maximum absolute atomic E-state index is 13.1. The lowest BCUT2D eigenvalue weighted by atomic mass is 9.53. The highest BCUT2D eigenvalue weighted by Gasteiger charge is 2.69. The van der Waals surface area contributed by atoms with Crippen LogP contribution in [0.4, 0.5) is 0 Å². The Morgan fingerprint density at radius 3 is 2.56 bits per heavy atom. The number of ether oxygens (including phenoxy) is 1. The number of carbonyl (C=O) groups excluding carboxylic acids is 1. The Balaban J connectivity index is 1.39. The molecular formula is C28H31ClN2O7S. The van der Waals surface area contributed by atoms with Crippen LogP contribution in [0.2, 0.25) is 5.02 Å². The average molecular weight is 575 g/mol. The first-order valence-corrected chi connectivity index (χ1v) is 14.9. The zero-order chi connectivity index (χ0) is 27.9. The summed E-state index contributed by atoms with van der Waals surface area (Å²) in [6.45, 7) is 4.58. The number of piperidine rings is 1. The summed E-state index contributed by atoms with van der Waals surface area (Å²) in [6.07, 6.45) is 2.12. The van der Waals surface area contributed by atoms with Gasteiger partial charge in [-0.25, -0.2) is 13.1 Å². The van der Waals surface area contributed by atoms with Gasteiger partial charge in [0.05, 0.1) is 21.5 Å². The van der Waals surface area contributed by atoms with Crippen LogP contribution in [0.25, 0.3) is 0 Å². The summed E-state index contributed by atoms with van der Waals surface area (Å²) in [6, 6.07) is 8.45. The molecule has 1 saturated heterocycles. The fraction of sp³-hybridized carbons (Fsp3) is 0.464. The van der Waals surface area contributed by atoms with Crippen LogP contribution in [0.3, 0.4) is 0 Å². The van der Waals surface area contributed by atoms with Crippen LogP contribution in [-0.4, -0.2) is 65.4 Å². The number of amides is 1. The number of halogens is 1. The van der Waals surface area contributed by atoms with Gasteiger partial charge in [0.2, 0.25) is 0 Å². The van der Waals surface area contributed by atoms with Crippen molar-refractivity contribution in [3.63, 3.8) is 0 Å². The van der Waals surface area contributed by atoms with E-state index < -0.39 is 38.8 Å². The number of aromatic hydroxyl groups is 1. The number of hydrogen-bond donors (Lipinski definition) is 4. The molecule has 2 heterocycles. The third kappa shape index (κ3) is 3.95. The number of nitrogens with zero attached hydrogens (tertiary/aromatic N) is 1. The highest BCUT2D eigenvalue weighted by atomic mass is 35.5. The van der Waals surface area contributed by atoms with Gasteiger partial charge in [-0.15, -0.1) is 0 Å². The smallest absolute Gasteiger partial charge is 0.264 e. The molecule has 6 rings (SSSR count). The molecule has 0 radical (unpaired) electrons. The molecule has 11 heteroatoms. The van der Waals surface area contributed by atoms with Crippen LogP contribution < -0.4 is 9.46 Å². The topological polar surface area (TPSA) is 136 Å². The molecule has 2 bridgehead atoms. The van der Waals surface area contributed by atoms with Crippen LogP contribution >= 0.6 is 11.6 Å². The minimum Gasteiger partial charge on any atom is -0.508 e. The first-order valence-electron chi connectivity index (χ1n) is 13.1. The van der Waals surface area contributed by atoms with Crippen molar-refractivity contribution in [3.05, 3.63) is 63.9 Å². The van der Waals surface area contributed by atoms with Crippen molar-refractivity contribution >= 4 is 27.5 Å². The first kappa shape index (κ1) is 26.4. The third-order valence-electron chi connectivity index (χ3n) is 9.07. The van der Waals surface area contributed by atoms with Crippen molar-refractivity contribution in [1.82, 2.24) is 9.62 Å². The monoisotopic (exact) mass is 574 g/mol. The lowest BCUT2D eigenvalue weighted by Crippen LogP contribution is -2.73. The SMILES string of the molecule is C/C(C(=O)NS(=O)(=O)c1ccc(Cl)cc1)=C(/O)[C@@H]1Oc2c(O)ccc3c2[C@@]12CCN(CC1CC1)[C@H](C3)[C@@]2(C)O. The highest BCUT2D eigenvalue weighted by Crippen LogP contribution is 2.63. The molecule has 1 saturated carbocycles. The van der Waals surface area contributed by atoms with Crippen molar-refractivity contribution in [1.29, 1.82) is 0 Å². The van der Waals surface area contributed by atoms with E-state index in [9.17, 15) is 28.5 Å². The number of hydrogen-bond acceptors (Lipinski definition) is 8. The summed E-state index contributed by atoms with van der Waals surface area (Å²) in [7, 11) is -4.25. The first-order chi connectivity index (χ1) is 18.4. The Bertz CT molecular complexity index is 1500. The lowest BCUT2D eigenvalue weighted by molar-refractivity contribution is -0.153. The highest BCUT2D eigenvalue weighted by molar-refractivity contribution is 7.90. The molecule has 39 heavy (non-hydrogen) atoms. The van der Waals surface area contributed by atoms with E-state index in [2.05, 4.69) is 4.90 Å². The van der Waals surface area contributed by atoms with Gasteiger partial charge >= 0.3 is 0 Å². The van der Waals surface area contributed by atoms with Gasteiger partial charge in [-0.2, -0.15) is 0 Å². The van der Waals surface area contributed by atoms with Crippen molar-refractivity contribution < 1.29 is 33.3 Å².